The molecule has 134 valence electrons. The van der Waals surface area contributed by atoms with Crippen molar-refractivity contribution in [3.05, 3.63) is 59.2 Å². The highest BCUT2D eigenvalue weighted by Gasteiger charge is 2.18. The van der Waals surface area contributed by atoms with Crippen molar-refractivity contribution in [3.63, 3.8) is 0 Å². The molecule has 5 nitrogen and oxygen atoms in total. The predicted molar refractivity (Wildman–Crippen MR) is 102 cm³/mol. The number of nitrogens with one attached hydrogen (secondary N) is 1. The average molecular weight is 368 g/mol. The summed E-state index contributed by atoms with van der Waals surface area (Å²) in [6.07, 6.45) is -0.905. The summed E-state index contributed by atoms with van der Waals surface area (Å²) in [5, 5.41) is 11.4. The number of rotatable bonds is 6. The summed E-state index contributed by atoms with van der Waals surface area (Å²) < 4.78 is 5.20. The molecule has 0 bridgehead atoms. The number of nitriles is 1. The molecular weight excluding hydrogens is 348 g/mol. The van der Waals surface area contributed by atoms with E-state index in [2.05, 4.69) is 5.32 Å². The van der Waals surface area contributed by atoms with Crippen LogP contribution in [0.1, 0.15) is 23.6 Å². The first-order chi connectivity index (χ1) is 12.4. The first-order valence-corrected chi connectivity index (χ1v) is 9.08. The molecule has 0 aromatic heterocycles. The van der Waals surface area contributed by atoms with E-state index >= 15 is 0 Å². The van der Waals surface area contributed by atoms with Crippen LogP contribution in [0.15, 0.2) is 47.4 Å². The number of ether oxygens (including phenoxy) is 1. The third-order valence-electron chi connectivity index (χ3n) is 3.65. The van der Waals surface area contributed by atoms with Gasteiger partial charge in [0, 0.05) is 10.6 Å². The second kappa shape index (κ2) is 9.07. The highest BCUT2D eigenvalue weighted by molar-refractivity contribution is 8.00. The van der Waals surface area contributed by atoms with E-state index in [0.717, 1.165) is 16.0 Å². The van der Waals surface area contributed by atoms with Crippen LogP contribution in [0, 0.1) is 25.2 Å². The van der Waals surface area contributed by atoms with Crippen LogP contribution >= 0.6 is 11.8 Å². The smallest absolute Gasteiger partial charge is 0.317 e. The fourth-order valence-electron chi connectivity index (χ4n) is 2.16. The first kappa shape index (κ1) is 19.5. The maximum Gasteiger partial charge on any atom is 0.317 e. The Labute approximate surface area is 157 Å². The molecule has 0 aliphatic rings. The van der Waals surface area contributed by atoms with Gasteiger partial charge in [-0.05, 0) is 56.7 Å². The molecule has 2 rings (SSSR count). The van der Waals surface area contributed by atoms with Gasteiger partial charge in [-0.1, -0.05) is 17.7 Å². The Hall–Kier alpha value is -2.78. The van der Waals surface area contributed by atoms with Crippen molar-refractivity contribution >= 4 is 29.3 Å². The normalized spacial score (nSPS) is 11.3. The molecule has 0 aliphatic carbocycles. The lowest BCUT2D eigenvalue weighted by molar-refractivity contribution is -0.150. The van der Waals surface area contributed by atoms with Crippen molar-refractivity contribution in [2.75, 3.05) is 11.1 Å². The SMILES string of the molecule is Cc1ccc(C)c(SCC(=O)O[C@H](C)C(=O)Nc2ccc(C#N)cc2)c1. The van der Waals surface area contributed by atoms with Gasteiger partial charge in [-0.3, -0.25) is 9.59 Å². The fraction of sp³-hybridized carbons (Fsp3) is 0.250. The van der Waals surface area contributed by atoms with E-state index in [-0.39, 0.29) is 5.75 Å². The van der Waals surface area contributed by atoms with Gasteiger partial charge in [-0.15, -0.1) is 11.8 Å². The van der Waals surface area contributed by atoms with Crippen LogP contribution in [-0.2, 0) is 14.3 Å². The van der Waals surface area contributed by atoms with Gasteiger partial charge in [0.2, 0.25) is 0 Å². The van der Waals surface area contributed by atoms with E-state index in [9.17, 15) is 9.59 Å². The lowest BCUT2D eigenvalue weighted by Crippen LogP contribution is -2.30. The quantitative estimate of drug-likeness (QED) is 0.619. The molecule has 2 aromatic rings. The van der Waals surface area contributed by atoms with Crippen LogP contribution in [0.3, 0.4) is 0 Å². The fourth-order valence-corrected chi connectivity index (χ4v) is 3.06. The van der Waals surface area contributed by atoms with Gasteiger partial charge >= 0.3 is 5.97 Å². The van der Waals surface area contributed by atoms with Crippen LogP contribution in [0.5, 0.6) is 0 Å². The zero-order valence-electron chi connectivity index (χ0n) is 14.9. The maximum atomic E-state index is 12.1. The van der Waals surface area contributed by atoms with Crippen molar-refractivity contribution in [2.45, 2.75) is 31.8 Å². The molecule has 0 radical (unpaired) electrons. The van der Waals surface area contributed by atoms with Gasteiger partial charge in [-0.25, -0.2) is 0 Å². The molecule has 1 atom stereocenters. The largest absolute Gasteiger partial charge is 0.452 e. The van der Waals surface area contributed by atoms with Gasteiger partial charge in [0.25, 0.3) is 5.91 Å². The number of benzene rings is 2. The first-order valence-electron chi connectivity index (χ1n) is 8.09. The molecule has 0 unspecified atom stereocenters. The summed E-state index contributed by atoms with van der Waals surface area (Å²) in [6.45, 7) is 5.51. The molecule has 0 spiro atoms. The second-order valence-electron chi connectivity index (χ2n) is 5.87. The van der Waals surface area contributed by atoms with Gasteiger partial charge < -0.3 is 10.1 Å². The summed E-state index contributed by atoms with van der Waals surface area (Å²) in [7, 11) is 0. The molecule has 0 aliphatic heterocycles. The van der Waals surface area contributed by atoms with Crippen LogP contribution in [-0.4, -0.2) is 23.7 Å². The number of carbonyl (C=O) groups excluding carboxylic acids is 2. The van der Waals surface area contributed by atoms with E-state index in [1.54, 1.807) is 24.3 Å². The summed E-state index contributed by atoms with van der Waals surface area (Å²) >= 11 is 1.39. The Bertz CT molecular complexity index is 841. The van der Waals surface area contributed by atoms with Crippen LogP contribution < -0.4 is 5.32 Å². The van der Waals surface area contributed by atoms with Crippen LogP contribution in [0.25, 0.3) is 0 Å². The number of aryl methyl sites for hydroxylation is 2. The Morgan fingerprint density at radius 3 is 2.54 bits per heavy atom. The van der Waals surface area contributed by atoms with Crippen molar-refractivity contribution in [1.82, 2.24) is 0 Å². The van der Waals surface area contributed by atoms with Crippen molar-refractivity contribution < 1.29 is 14.3 Å². The Morgan fingerprint density at radius 1 is 1.19 bits per heavy atom. The Kier molecular flexibility index (Phi) is 6.81. The molecule has 0 saturated carbocycles. The van der Waals surface area contributed by atoms with Crippen molar-refractivity contribution in [1.29, 1.82) is 5.26 Å². The minimum Gasteiger partial charge on any atom is -0.452 e. The zero-order chi connectivity index (χ0) is 19.1. The van der Waals surface area contributed by atoms with E-state index < -0.39 is 18.0 Å². The summed E-state index contributed by atoms with van der Waals surface area (Å²) in [4.78, 5) is 25.1. The zero-order valence-corrected chi connectivity index (χ0v) is 15.7. The average Bonchev–Trinajstić information content (AvgIpc) is 2.63. The van der Waals surface area contributed by atoms with E-state index in [0.29, 0.717) is 11.3 Å². The molecule has 0 saturated heterocycles. The molecule has 1 N–H and O–H groups in total. The third-order valence-corrected chi connectivity index (χ3v) is 4.78. The van der Waals surface area contributed by atoms with Gasteiger partial charge in [-0.2, -0.15) is 5.26 Å². The topological polar surface area (TPSA) is 79.2 Å². The maximum absolute atomic E-state index is 12.1. The number of esters is 1. The predicted octanol–water partition coefficient (Wildman–Crippen LogP) is 3.84. The number of carbonyl (C=O) groups is 2. The van der Waals surface area contributed by atoms with Crippen molar-refractivity contribution in [2.24, 2.45) is 0 Å². The van der Waals surface area contributed by atoms with E-state index in [1.807, 2.05) is 38.1 Å². The standard InChI is InChI=1S/C20H20N2O3S/c1-13-4-5-14(2)18(10-13)26-12-19(23)25-15(3)20(24)22-17-8-6-16(11-21)7-9-17/h4-10,15H,12H2,1-3H3,(H,22,24)/t15-/m1/s1. The summed E-state index contributed by atoms with van der Waals surface area (Å²) in [6, 6.07) is 14.5. The summed E-state index contributed by atoms with van der Waals surface area (Å²) in [5.74, 6) is -0.725. The number of thioether (sulfide) groups is 1. The highest BCUT2D eigenvalue weighted by Crippen LogP contribution is 2.23. The molecule has 1 amide bonds. The number of anilines is 1. The number of hydrogen-bond acceptors (Lipinski definition) is 5. The third kappa shape index (κ3) is 5.64. The molecule has 26 heavy (non-hydrogen) atoms. The number of amides is 1. The van der Waals surface area contributed by atoms with Gasteiger partial charge in [0.15, 0.2) is 6.10 Å². The minimum absolute atomic E-state index is 0.138. The minimum atomic E-state index is -0.905. The summed E-state index contributed by atoms with van der Waals surface area (Å²) in [5.41, 5.74) is 3.27. The molecule has 0 fully saturated rings. The van der Waals surface area contributed by atoms with E-state index in [1.165, 1.54) is 18.7 Å². The lowest BCUT2D eigenvalue weighted by Gasteiger charge is -2.14. The number of nitrogens with zero attached hydrogens (tertiary/aromatic N) is 1. The van der Waals surface area contributed by atoms with Gasteiger partial charge in [0.05, 0.1) is 17.4 Å². The van der Waals surface area contributed by atoms with Gasteiger partial charge in [0.1, 0.15) is 0 Å². The molecule has 2 aromatic carbocycles. The lowest BCUT2D eigenvalue weighted by atomic mass is 10.2. The number of hydrogen-bond donors (Lipinski definition) is 1. The monoisotopic (exact) mass is 368 g/mol. The molecule has 6 heteroatoms. The molecule has 0 heterocycles. The van der Waals surface area contributed by atoms with Crippen LogP contribution in [0.4, 0.5) is 5.69 Å². The highest BCUT2D eigenvalue weighted by atomic mass is 32.2. The Morgan fingerprint density at radius 2 is 1.88 bits per heavy atom. The Balaban J connectivity index is 1.84. The van der Waals surface area contributed by atoms with Crippen LogP contribution in [0.2, 0.25) is 0 Å². The molecular formula is C20H20N2O3S. The second-order valence-corrected chi connectivity index (χ2v) is 6.89. The van der Waals surface area contributed by atoms with E-state index in [4.69, 9.17) is 10.00 Å². The van der Waals surface area contributed by atoms with Crippen molar-refractivity contribution in [3.8, 4) is 6.07 Å².